The van der Waals surface area contributed by atoms with Crippen LogP contribution in [0.1, 0.15) is 49.4 Å². The Bertz CT molecular complexity index is 571. The summed E-state index contributed by atoms with van der Waals surface area (Å²) in [7, 11) is 0. The molecule has 0 spiro atoms. The maximum absolute atomic E-state index is 12.4. The number of benzene rings is 1. The van der Waals surface area contributed by atoms with Crippen molar-refractivity contribution in [1.29, 1.82) is 0 Å². The standard InChI is InChI=1S/C19H27N3O2/c1-15(23)16-5-7-17(8-6-16)20-19(24)22-13-9-18(10-14-22)21-11-3-2-4-12-21/h5-8,18H,2-4,9-14H2,1H3,(H,20,24). The fraction of sp³-hybridized carbons (Fsp3) is 0.579. The zero-order valence-electron chi connectivity index (χ0n) is 14.5. The largest absolute Gasteiger partial charge is 0.324 e. The van der Waals surface area contributed by atoms with Crippen LogP contribution in [-0.4, -0.2) is 53.8 Å². The van der Waals surface area contributed by atoms with Crippen LogP contribution >= 0.6 is 0 Å². The van der Waals surface area contributed by atoms with Gasteiger partial charge >= 0.3 is 6.03 Å². The van der Waals surface area contributed by atoms with E-state index in [2.05, 4.69) is 10.2 Å². The summed E-state index contributed by atoms with van der Waals surface area (Å²) >= 11 is 0. The van der Waals surface area contributed by atoms with Crippen LogP contribution in [0, 0.1) is 0 Å². The Hall–Kier alpha value is -1.88. The van der Waals surface area contributed by atoms with E-state index in [9.17, 15) is 9.59 Å². The van der Waals surface area contributed by atoms with Crippen molar-refractivity contribution >= 4 is 17.5 Å². The average Bonchev–Trinajstić information content (AvgIpc) is 2.63. The highest BCUT2D eigenvalue weighted by Crippen LogP contribution is 2.21. The second-order valence-corrected chi connectivity index (χ2v) is 6.88. The smallest absolute Gasteiger partial charge is 0.321 e. The Kier molecular flexibility index (Phi) is 5.51. The number of hydrogen-bond acceptors (Lipinski definition) is 3. The number of ketones is 1. The first kappa shape index (κ1) is 17.0. The first-order chi connectivity index (χ1) is 11.6. The molecule has 24 heavy (non-hydrogen) atoms. The van der Waals surface area contributed by atoms with E-state index in [-0.39, 0.29) is 11.8 Å². The van der Waals surface area contributed by atoms with Crippen molar-refractivity contribution in [3.8, 4) is 0 Å². The van der Waals surface area contributed by atoms with Gasteiger partial charge in [-0.15, -0.1) is 0 Å². The molecule has 5 heteroatoms. The number of Topliss-reactive ketones (excluding diaryl/α,β-unsaturated/α-hetero) is 1. The molecule has 1 N–H and O–H groups in total. The molecule has 2 aliphatic rings. The van der Waals surface area contributed by atoms with Crippen LogP contribution in [0.15, 0.2) is 24.3 Å². The van der Waals surface area contributed by atoms with Gasteiger partial charge in [0, 0.05) is 30.4 Å². The van der Waals surface area contributed by atoms with E-state index in [4.69, 9.17) is 0 Å². The van der Waals surface area contributed by atoms with E-state index in [1.54, 1.807) is 31.2 Å². The van der Waals surface area contributed by atoms with Crippen molar-refractivity contribution in [1.82, 2.24) is 9.80 Å². The first-order valence-corrected chi connectivity index (χ1v) is 9.04. The second-order valence-electron chi connectivity index (χ2n) is 6.88. The Balaban J connectivity index is 1.48. The van der Waals surface area contributed by atoms with Crippen LogP contribution < -0.4 is 5.32 Å². The third-order valence-corrected chi connectivity index (χ3v) is 5.20. The topological polar surface area (TPSA) is 52.7 Å². The van der Waals surface area contributed by atoms with Gasteiger partial charge in [0.15, 0.2) is 5.78 Å². The van der Waals surface area contributed by atoms with E-state index in [0.717, 1.165) is 31.6 Å². The predicted molar refractivity (Wildman–Crippen MR) is 95.5 cm³/mol. The molecule has 0 saturated carbocycles. The molecule has 1 aromatic carbocycles. The molecule has 3 rings (SSSR count). The van der Waals surface area contributed by atoms with E-state index in [0.29, 0.717) is 11.6 Å². The van der Waals surface area contributed by atoms with Crippen molar-refractivity contribution in [2.75, 3.05) is 31.5 Å². The van der Waals surface area contributed by atoms with Crippen molar-refractivity contribution in [2.24, 2.45) is 0 Å². The second kappa shape index (κ2) is 7.79. The summed E-state index contributed by atoms with van der Waals surface area (Å²) in [5, 5.41) is 2.93. The number of likely N-dealkylation sites (tertiary alicyclic amines) is 2. The fourth-order valence-corrected chi connectivity index (χ4v) is 3.71. The monoisotopic (exact) mass is 329 g/mol. The molecule has 1 aromatic rings. The fourth-order valence-electron chi connectivity index (χ4n) is 3.71. The number of anilines is 1. The number of nitrogens with one attached hydrogen (secondary N) is 1. The molecule has 2 amide bonds. The maximum Gasteiger partial charge on any atom is 0.321 e. The number of carbonyl (C=O) groups excluding carboxylic acids is 2. The Morgan fingerprint density at radius 1 is 0.958 bits per heavy atom. The van der Waals surface area contributed by atoms with Gasteiger partial charge in [-0.25, -0.2) is 4.79 Å². The van der Waals surface area contributed by atoms with E-state index < -0.39 is 0 Å². The van der Waals surface area contributed by atoms with Gasteiger partial charge in [-0.2, -0.15) is 0 Å². The predicted octanol–water partition coefficient (Wildman–Crippen LogP) is 3.37. The number of piperidine rings is 2. The molecule has 0 radical (unpaired) electrons. The molecule has 2 aliphatic heterocycles. The summed E-state index contributed by atoms with van der Waals surface area (Å²) in [5.41, 5.74) is 1.40. The molecule has 0 atom stereocenters. The highest BCUT2D eigenvalue weighted by Gasteiger charge is 2.27. The molecule has 0 bridgehead atoms. The van der Waals surface area contributed by atoms with Gasteiger partial charge < -0.3 is 15.1 Å². The average molecular weight is 329 g/mol. The maximum atomic E-state index is 12.4. The molecule has 130 valence electrons. The van der Waals surface area contributed by atoms with Crippen LogP contribution in [0.4, 0.5) is 10.5 Å². The van der Waals surface area contributed by atoms with Crippen LogP contribution in [0.5, 0.6) is 0 Å². The normalized spacial score (nSPS) is 20.0. The van der Waals surface area contributed by atoms with Gasteiger partial charge in [0.05, 0.1) is 0 Å². The lowest BCUT2D eigenvalue weighted by Crippen LogP contribution is -2.49. The number of amides is 2. The summed E-state index contributed by atoms with van der Waals surface area (Å²) in [5.74, 6) is 0.0349. The minimum Gasteiger partial charge on any atom is -0.324 e. The Morgan fingerprint density at radius 3 is 2.17 bits per heavy atom. The minimum atomic E-state index is -0.0392. The van der Waals surface area contributed by atoms with Crippen LogP contribution in [-0.2, 0) is 0 Å². The Morgan fingerprint density at radius 2 is 1.58 bits per heavy atom. The molecule has 0 aliphatic carbocycles. The van der Waals surface area contributed by atoms with Gasteiger partial charge in [-0.3, -0.25) is 4.79 Å². The van der Waals surface area contributed by atoms with E-state index in [1.165, 1.54) is 32.4 Å². The zero-order chi connectivity index (χ0) is 16.9. The number of urea groups is 1. The summed E-state index contributed by atoms with van der Waals surface area (Å²) in [6.07, 6.45) is 6.13. The summed E-state index contributed by atoms with van der Waals surface area (Å²) in [6, 6.07) is 7.68. The van der Waals surface area contributed by atoms with Crippen molar-refractivity contribution in [3.63, 3.8) is 0 Å². The van der Waals surface area contributed by atoms with Gasteiger partial charge in [-0.1, -0.05) is 6.42 Å². The lowest BCUT2D eigenvalue weighted by molar-refractivity contribution is 0.101. The highest BCUT2D eigenvalue weighted by molar-refractivity contribution is 5.95. The summed E-state index contributed by atoms with van der Waals surface area (Å²) in [6.45, 7) is 5.62. The SMILES string of the molecule is CC(=O)c1ccc(NC(=O)N2CCC(N3CCCCC3)CC2)cc1. The van der Waals surface area contributed by atoms with E-state index >= 15 is 0 Å². The zero-order valence-corrected chi connectivity index (χ0v) is 14.5. The highest BCUT2D eigenvalue weighted by atomic mass is 16.2. The molecule has 2 fully saturated rings. The lowest BCUT2D eigenvalue weighted by atomic mass is 10.00. The van der Waals surface area contributed by atoms with Crippen LogP contribution in [0.2, 0.25) is 0 Å². The summed E-state index contributed by atoms with van der Waals surface area (Å²) in [4.78, 5) is 28.2. The quantitative estimate of drug-likeness (QED) is 0.865. The van der Waals surface area contributed by atoms with Gasteiger partial charge in [0.2, 0.25) is 0 Å². The molecule has 0 unspecified atom stereocenters. The molecular weight excluding hydrogens is 302 g/mol. The van der Waals surface area contributed by atoms with Gasteiger partial charge in [-0.05, 0) is 70.0 Å². The van der Waals surface area contributed by atoms with Crippen LogP contribution in [0.3, 0.4) is 0 Å². The number of nitrogens with zero attached hydrogens (tertiary/aromatic N) is 2. The van der Waals surface area contributed by atoms with Gasteiger partial charge in [0.25, 0.3) is 0 Å². The first-order valence-electron chi connectivity index (χ1n) is 9.04. The van der Waals surface area contributed by atoms with E-state index in [1.807, 2.05) is 4.90 Å². The molecule has 2 heterocycles. The number of hydrogen-bond donors (Lipinski definition) is 1. The number of carbonyl (C=O) groups is 2. The van der Waals surface area contributed by atoms with Crippen molar-refractivity contribution in [3.05, 3.63) is 29.8 Å². The minimum absolute atomic E-state index is 0.0349. The molecule has 0 aromatic heterocycles. The molecular formula is C19H27N3O2. The van der Waals surface area contributed by atoms with Gasteiger partial charge in [0.1, 0.15) is 0 Å². The summed E-state index contributed by atoms with van der Waals surface area (Å²) < 4.78 is 0. The third-order valence-electron chi connectivity index (χ3n) is 5.20. The van der Waals surface area contributed by atoms with Crippen molar-refractivity contribution in [2.45, 2.75) is 45.1 Å². The van der Waals surface area contributed by atoms with Crippen molar-refractivity contribution < 1.29 is 9.59 Å². The Labute approximate surface area is 144 Å². The lowest BCUT2D eigenvalue weighted by Gasteiger charge is -2.40. The molecule has 2 saturated heterocycles. The third kappa shape index (κ3) is 4.15. The molecule has 5 nitrogen and oxygen atoms in total. The number of rotatable bonds is 3. The van der Waals surface area contributed by atoms with Crippen LogP contribution in [0.25, 0.3) is 0 Å².